The van der Waals surface area contributed by atoms with Gasteiger partial charge in [-0.1, -0.05) is 18.2 Å². The van der Waals surface area contributed by atoms with Crippen LogP contribution in [0.2, 0.25) is 0 Å². The molecule has 0 aliphatic rings. The van der Waals surface area contributed by atoms with Crippen LogP contribution in [0.4, 0.5) is 5.82 Å². The lowest BCUT2D eigenvalue weighted by Gasteiger charge is -2.17. The van der Waals surface area contributed by atoms with E-state index in [1.165, 1.54) is 5.56 Å². The van der Waals surface area contributed by atoms with Gasteiger partial charge in [0, 0.05) is 46.3 Å². The number of guanidine groups is 1. The fraction of sp³-hybridized carbons (Fsp3) is 0.316. The summed E-state index contributed by atoms with van der Waals surface area (Å²) in [4.78, 5) is 11.0. The van der Waals surface area contributed by atoms with Crippen molar-refractivity contribution < 1.29 is 0 Å². The van der Waals surface area contributed by atoms with Gasteiger partial charge in [-0.2, -0.15) is 5.10 Å². The lowest BCUT2D eigenvalue weighted by molar-refractivity contribution is 0.684. The Labute approximate surface area is 153 Å². The molecule has 0 saturated heterocycles. The summed E-state index contributed by atoms with van der Waals surface area (Å²) in [5.41, 5.74) is 3.27. The summed E-state index contributed by atoms with van der Waals surface area (Å²) in [5, 5.41) is 12.0. The zero-order valence-electron chi connectivity index (χ0n) is 15.7. The Morgan fingerprint density at radius 1 is 1.15 bits per heavy atom. The number of aliphatic imine (C=N–C) groups is 1. The molecule has 0 saturated carbocycles. The van der Waals surface area contributed by atoms with Crippen molar-refractivity contribution in [1.82, 2.24) is 25.4 Å². The Hall–Kier alpha value is -3.09. The van der Waals surface area contributed by atoms with Gasteiger partial charge in [0.05, 0.1) is 17.8 Å². The van der Waals surface area contributed by atoms with Crippen molar-refractivity contribution in [3.63, 3.8) is 0 Å². The fourth-order valence-electron chi connectivity index (χ4n) is 2.76. The molecule has 136 valence electrons. The number of fused-ring (bicyclic) bond motifs is 1. The first-order valence-corrected chi connectivity index (χ1v) is 8.56. The number of pyridine rings is 1. The lowest BCUT2D eigenvalue weighted by atomic mass is 10.1. The Morgan fingerprint density at radius 3 is 2.62 bits per heavy atom. The maximum absolute atomic E-state index is 4.71. The van der Waals surface area contributed by atoms with Gasteiger partial charge in [0.2, 0.25) is 0 Å². The van der Waals surface area contributed by atoms with Gasteiger partial charge in [0.25, 0.3) is 0 Å². The molecule has 0 amide bonds. The highest BCUT2D eigenvalue weighted by Gasteiger charge is 2.08. The molecule has 0 fully saturated rings. The van der Waals surface area contributed by atoms with Crippen LogP contribution in [-0.4, -0.2) is 41.9 Å². The van der Waals surface area contributed by atoms with Gasteiger partial charge >= 0.3 is 0 Å². The smallest absolute Gasteiger partial charge is 0.191 e. The molecular weight excluding hydrogens is 326 g/mol. The first-order valence-electron chi connectivity index (χ1n) is 8.56. The molecule has 0 unspecified atom stereocenters. The monoisotopic (exact) mass is 351 g/mol. The molecule has 0 atom stereocenters. The van der Waals surface area contributed by atoms with E-state index in [2.05, 4.69) is 32.9 Å². The summed E-state index contributed by atoms with van der Waals surface area (Å²) in [6.45, 7) is 1.32. The van der Waals surface area contributed by atoms with Gasteiger partial charge in [-0.05, 0) is 23.8 Å². The van der Waals surface area contributed by atoms with Gasteiger partial charge in [-0.15, -0.1) is 0 Å². The normalized spacial score (nSPS) is 11.6. The first-order chi connectivity index (χ1) is 12.6. The lowest BCUT2D eigenvalue weighted by Crippen LogP contribution is -2.36. The van der Waals surface area contributed by atoms with E-state index >= 15 is 0 Å². The van der Waals surface area contributed by atoms with Gasteiger partial charge in [-0.25, -0.2) is 4.98 Å². The maximum atomic E-state index is 4.71. The molecule has 0 bridgehead atoms. The van der Waals surface area contributed by atoms with Crippen molar-refractivity contribution in [2.24, 2.45) is 12.0 Å². The predicted molar refractivity (Wildman–Crippen MR) is 106 cm³/mol. The number of benzene rings is 1. The van der Waals surface area contributed by atoms with E-state index in [4.69, 9.17) is 4.98 Å². The number of nitrogens with zero attached hydrogens (tertiary/aromatic N) is 5. The van der Waals surface area contributed by atoms with E-state index in [1.54, 1.807) is 13.2 Å². The molecule has 2 aromatic heterocycles. The number of para-hydroxylation sites is 1. The van der Waals surface area contributed by atoms with Crippen LogP contribution in [0.3, 0.4) is 0 Å². The molecule has 26 heavy (non-hydrogen) atoms. The molecule has 7 nitrogen and oxygen atoms in total. The molecule has 0 radical (unpaired) electrons. The van der Waals surface area contributed by atoms with Crippen LogP contribution in [0.5, 0.6) is 0 Å². The molecule has 0 spiro atoms. The van der Waals surface area contributed by atoms with Gasteiger partial charge in [0.15, 0.2) is 5.96 Å². The number of rotatable bonds is 5. The molecule has 2 heterocycles. The Kier molecular flexibility index (Phi) is 5.36. The molecular formula is C19H25N7. The van der Waals surface area contributed by atoms with Crippen molar-refractivity contribution in [1.29, 1.82) is 0 Å². The number of hydrogen-bond acceptors (Lipinski definition) is 4. The zero-order valence-corrected chi connectivity index (χ0v) is 15.7. The van der Waals surface area contributed by atoms with E-state index in [0.29, 0.717) is 13.1 Å². The van der Waals surface area contributed by atoms with E-state index in [1.807, 2.05) is 55.0 Å². The summed E-state index contributed by atoms with van der Waals surface area (Å²) >= 11 is 0. The third-order valence-corrected chi connectivity index (χ3v) is 4.28. The predicted octanol–water partition coefficient (Wildman–Crippen LogP) is 1.90. The quantitative estimate of drug-likeness (QED) is 0.543. The fourth-order valence-corrected chi connectivity index (χ4v) is 2.76. The van der Waals surface area contributed by atoms with Crippen molar-refractivity contribution in [3.8, 4) is 0 Å². The summed E-state index contributed by atoms with van der Waals surface area (Å²) < 4.78 is 1.85. The number of aryl methyl sites for hydroxylation is 1. The number of aromatic nitrogens is 3. The standard InChI is InChI=1S/C19H25N7/c1-20-19(22-13-15-9-10-23-26(15)4)21-12-14-11-18(25(2)3)24-17-8-6-5-7-16(14)17/h5-11H,12-13H2,1-4H3,(H2,20,21,22). The van der Waals surface area contributed by atoms with Crippen molar-refractivity contribution in [2.45, 2.75) is 13.1 Å². The van der Waals surface area contributed by atoms with Gasteiger partial charge < -0.3 is 15.5 Å². The number of anilines is 1. The second kappa shape index (κ2) is 7.86. The minimum absolute atomic E-state index is 0.662. The van der Waals surface area contributed by atoms with E-state index in [0.717, 1.165) is 28.4 Å². The molecule has 3 rings (SSSR count). The first kappa shape index (κ1) is 17.7. The van der Waals surface area contributed by atoms with Gasteiger partial charge in [0.1, 0.15) is 5.82 Å². The average Bonchev–Trinajstić information content (AvgIpc) is 3.06. The van der Waals surface area contributed by atoms with Crippen LogP contribution in [0, 0.1) is 0 Å². The molecule has 0 aliphatic heterocycles. The highest BCUT2D eigenvalue weighted by atomic mass is 15.3. The van der Waals surface area contributed by atoms with Crippen LogP contribution < -0.4 is 15.5 Å². The van der Waals surface area contributed by atoms with E-state index in [-0.39, 0.29) is 0 Å². The molecule has 7 heteroatoms. The van der Waals surface area contributed by atoms with Crippen LogP contribution in [-0.2, 0) is 20.1 Å². The van der Waals surface area contributed by atoms with E-state index in [9.17, 15) is 0 Å². The second-order valence-corrected chi connectivity index (χ2v) is 6.28. The Bertz CT molecular complexity index is 911. The van der Waals surface area contributed by atoms with Crippen molar-refractivity contribution in [2.75, 3.05) is 26.0 Å². The maximum Gasteiger partial charge on any atom is 0.191 e. The van der Waals surface area contributed by atoms with Crippen molar-refractivity contribution >= 4 is 22.7 Å². The molecule has 0 aliphatic carbocycles. The third-order valence-electron chi connectivity index (χ3n) is 4.28. The largest absolute Gasteiger partial charge is 0.363 e. The highest BCUT2D eigenvalue weighted by molar-refractivity contribution is 5.85. The Balaban J connectivity index is 1.74. The van der Waals surface area contributed by atoms with Gasteiger partial charge in [-0.3, -0.25) is 9.67 Å². The summed E-state index contributed by atoms with van der Waals surface area (Å²) in [6, 6.07) is 12.3. The zero-order chi connectivity index (χ0) is 18.5. The van der Waals surface area contributed by atoms with Crippen LogP contribution in [0.1, 0.15) is 11.3 Å². The third kappa shape index (κ3) is 3.93. The van der Waals surface area contributed by atoms with Crippen LogP contribution in [0.25, 0.3) is 10.9 Å². The van der Waals surface area contributed by atoms with Crippen LogP contribution in [0.15, 0.2) is 47.6 Å². The summed E-state index contributed by atoms with van der Waals surface area (Å²) in [7, 11) is 7.71. The minimum atomic E-state index is 0.662. The number of nitrogens with one attached hydrogen (secondary N) is 2. The SMILES string of the molecule is CN=C(NCc1cc(N(C)C)nc2ccccc12)NCc1ccnn1C. The van der Waals surface area contributed by atoms with Crippen LogP contribution >= 0.6 is 0 Å². The summed E-state index contributed by atoms with van der Waals surface area (Å²) in [6.07, 6.45) is 1.79. The number of hydrogen-bond donors (Lipinski definition) is 2. The minimum Gasteiger partial charge on any atom is -0.363 e. The Morgan fingerprint density at radius 2 is 1.92 bits per heavy atom. The molecule has 1 aromatic carbocycles. The second-order valence-electron chi connectivity index (χ2n) is 6.28. The topological polar surface area (TPSA) is 70.4 Å². The molecule has 3 aromatic rings. The molecule has 2 N–H and O–H groups in total. The highest BCUT2D eigenvalue weighted by Crippen LogP contribution is 2.21. The van der Waals surface area contributed by atoms with E-state index < -0.39 is 0 Å². The van der Waals surface area contributed by atoms with Crippen molar-refractivity contribution in [3.05, 3.63) is 53.9 Å². The average molecular weight is 351 g/mol. The summed E-state index contributed by atoms with van der Waals surface area (Å²) in [5.74, 6) is 1.69.